The topological polar surface area (TPSA) is 77.0 Å². The molecule has 2 fully saturated rings. The van der Waals surface area contributed by atoms with Crippen LogP contribution in [0.4, 0.5) is 5.95 Å². The number of nitrogens with zero attached hydrogens (tertiary/aromatic N) is 4. The summed E-state index contributed by atoms with van der Waals surface area (Å²) in [6.07, 6.45) is 2.75. The number of likely N-dealkylation sites (tertiary alicyclic amines) is 1. The summed E-state index contributed by atoms with van der Waals surface area (Å²) in [5.74, 6) is 1.70. The molecular weight excluding hydrogens is 324 g/mol. The van der Waals surface area contributed by atoms with Crippen molar-refractivity contribution in [2.75, 3.05) is 59.0 Å². The van der Waals surface area contributed by atoms with Gasteiger partial charge < -0.3 is 24.0 Å². The summed E-state index contributed by atoms with van der Waals surface area (Å²) in [6.45, 7) is 3.42. The number of methoxy groups -OCH3 is 3. The molecule has 0 saturated carbocycles. The smallest absolute Gasteiger partial charge is 0.232 e. The predicted molar refractivity (Wildman–Crippen MR) is 92.1 cm³/mol. The molecule has 8 heteroatoms. The number of hydrogen-bond acceptors (Lipinski definition) is 7. The molecule has 2 aliphatic heterocycles. The second-order valence-electron chi connectivity index (χ2n) is 6.59. The van der Waals surface area contributed by atoms with Gasteiger partial charge in [0.15, 0.2) is 0 Å². The summed E-state index contributed by atoms with van der Waals surface area (Å²) in [6, 6.07) is 1.65. The van der Waals surface area contributed by atoms with E-state index in [4.69, 9.17) is 14.2 Å². The highest BCUT2D eigenvalue weighted by molar-refractivity contribution is 5.85. The third-order valence-electron chi connectivity index (χ3n) is 5.11. The van der Waals surface area contributed by atoms with Gasteiger partial charge in [-0.05, 0) is 19.3 Å². The Kier molecular flexibility index (Phi) is 5.27. The molecule has 1 amide bonds. The average molecular weight is 350 g/mol. The Hall–Kier alpha value is -2.09. The van der Waals surface area contributed by atoms with Crippen molar-refractivity contribution in [2.24, 2.45) is 5.41 Å². The van der Waals surface area contributed by atoms with E-state index in [2.05, 4.69) is 14.9 Å². The lowest BCUT2D eigenvalue weighted by molar-refractivity contribution is -0.145. The third-order valence-corrected chi connectivity index (χ3v) is 5.11. The quantitative estimate of drug-likeness (QED) is 0.756. The first kappa shape index (κ1) is 17.7. The first-order valence-corrected chi connectivity index (χ1v) is 8.62. The highest BCUT2D eigenvalue weighted by atomic mass is 16.5. The summed E-state index contributed by atoms with van der Waals surface area (Å²) in [4.78, 5) is 25.9. The lowest BCUT2D eigenvalue weighted by Gasteiger charge is -2.39. The van der Waals surface area contributed by atoms with Crippen molar-refractivity contribution >= 4 is 11.9 Å². The largest absolute Gasteiger partial charge is 0.481 e. The van der Waals surface area contributed by atoms with Crippen molar-refractivity contribution in [3.05, 3.63) is 6.07 Å². The number of anilines is 1. The minimum atomic E-state index is -0.342. The number of aromatic nitrogens is 2. The summed E-state index contributed by atoms with van der Waals surface area (Å²) in [5.41, 5.74) is -0.342. The van der Waals surface area contributed by atoms with E-state index in [1.165, 1.54) is 0 Å². The SMILES string of the molecule is COCCN1CCCC2(CCN(c3nc(OC)cc(OC)n3)C2)C1=O. The van der Waals surface area contributed by atoms with E-state index in [0.29, 0.717) is 37.4 Å². The molecule has 0 radical (unpaired) electrons. The maximum absolute atomic E-state index is 13.0. The molecule has 0 N–H and O–H groups in total. The van der Waals surface area contributed by atoms with Crippen LogP contribution in [0.15, 0.2) is 6.07 Å². The third kappa shape index (κ3) is 3.49. The molecule has 0 bridgehead atoms. The van der Waals surface area contributed by atoms with Crippen LogP contribution in [0, 0.1) is 5.41 Å². The molecule has 3 heterocycles. The summed E-state index contributed by atoms with van der Waals surface area (Å²) in [7, 11) is 4.79. The van der Waals surface area contributed by atoms with Crippen molar-refractivity contribution < 1.29 is 19.0 Å². The Morgan fingerprint density at radius 1 is 1.12 bits per heavy atom. The lowest BCUT2D eigenvalue weighted by Crippen LogP contribution is -2.51. The van der Waals surface area contributed by atoms with Gasteiger partial charge in [-0.2, -0.15) is 9.97 Å². The highest BCUT2D eigenvalue weighted by Gasteiger charge is 2.48. The molecule has 25 heavy (non-hydrogen) atoms. The number of amides is 1. The van der Waals surface area contributed by atoms with Gasteiger partial charge >= 0.3 is 0 Å². The number of carbonyl (C=O) groups is 1. The summed E-state index contributed by atoms with van der Waals surface area (Å²) in [5, 5.41) is 0. The average Bonchev–Trinajstić information content (AvgIpc) is 3.07. The predicted octanol–water partition coefficient (Wildman–Crippen LogP) is 0.959. The number of rotatable bonds is 6. The maximum atomic E-state index is 13.0. The number of carbonyl (C=O) groups excluding carboxylic acids is 1. The van der Waals surface area contributed by atoms with Gasteiger partial charge in [0, 0.05) is 33.3 Å². The number of ether oxygens (including phenoxy) is 3. The summed E-state index contributed by atoms with van der Waals surface area (Å²) >= 11 is 0. The molecule has 1 unspecified atom stereocenters. The molecule has 0 aromatic carbocycles. The molecule has 1 atom stereocenters. The maximum Gasteiger partial charge on any atom is 0.232 e. The van der Waals surface area contributed by atoms with Gasteiger partial charge in [-0.1, -0.05) is 0 Å². The Labute approximate surface area is 148 Å². The van der Waals surface area contributed by atoms with Crippen LogP contribution < -0.4 is 14.4 Å². The minimum Gasteiger partial charge on any atom is -0.481 e. The van der Waals surface area contributed by atoms with Gasteiger partial charge in [0.1, 0.15) is 0 Å². The van der Waals surface area contributed by atoms with Crippen molar-refractivity contribution in [1.82, 2.24) is 14.9 Å². The zero-order chi connectivity index (χ0) is 17.9. The Bertz CT molecular complexity index is 604. The van der Waals surface area contributed by atoms with E-state index in [0.717, 1.165) is 32.4 Å². The molecule has 3 rings (SSSR count). The Balaban J connectivity index is 1.77. The molecule has 8 nitrogen and oxygen atoms in total. The van der Waals surface area contributed by atoms with Crippen LogP contribution in [-0.4, -0.2) is 74.9 Å². The molecule has 1 aromatic heterocycles. The van der Waals surface area contributed by atoms with E-state index in [9.17, 15) is 4.79 Å². The van der Waals surface area contributed by atoms with E-state index in [1.807, 2.05) is 4.90 Å². The zero-order valence-corrected chi connectivity index (χ0v) is 15.2. The van der Waals surface area contributed by atoms with Crippen molar-refractivity contribution in [2.45, 2.75) is 19.3 Å². The van der Waals surface area contributed by atoms with Gasteiger partial charge in [0.05, 0.1) is 32.3 Å². The zero-order valence-electron chi connectivity index (χ0n) is 15.2. The number of hydrogen-bond donors (Lipinski definition) is 0. The van der Waals surface area contributed by atoms with E-state index < -0.39 is 0 Å². The van der Waals surface area contributed by atoms with Crippen LogP contribution in [-0.2, 0) is 9.53 Å². The lowest BCUT2D eigenvalue weighted by atomic mass is 9.78. The van der Waals surface area contributed by atoms with Crippen molar-refractivity contribution in [3.63, 3.8) is 0 Å². The van der Waals surface area contributed by atoms with Crippen LogP contribution in [0.25, 0.3) is 0 Å². The van der Waals surface area contributed by atoms with Gasteiger partial charge in [-0.15, -0.1) is 0 Å². The second-order valence-corrected chi connectivity index (χ2v) is 6.59. The fraction of sp³-hybridized carbons (Fsp3) is 0.706. The Morgan fingerprint density at radius 3 is 2.48 bits per heavy atom. The van der Waals surface area contributed by atoms with Crippen LogP contribution >= 0.6 is 0 Å². The highest BCUT2D eigenvalue weighted by Crippen LogP contribution is 2.41. The molecule has 138 valence electrons. The van der Waals surface area contributed by atoms with E-state index in [1.54, 1.807) is 27.4 Å². The van der Waals surface area contributed by atoms with Gasteiger partial charge in [-0.3, -0.25) is 4.79 Å². The molecule has 1 aromatic rings. The van der Waals surface area contributed by atoms with Crippen molar-refractivity contribution in [1.29, 1.82) is 0 Å². The van der Waals surface area contributed by atoms with E-state index >= 15 is 0 Å². The Morgan fingerprint density at radius 2 is 1.84 bits per heavy atom. The van der Waals surface area contributed by atoms with Gasteiger partial charge in [0.2, 0.25) is 23.6 Å². The minimum absolute atomic E-state index is 0.230. The van der Waals surface area contributed by atoms with Crippen LogP contribution in [0.1, 0.15) is 19.3 Å². The molecule has 0 aliphatic carbocycles. The molecule has 2 aliphatic rings. The normalized spacial score (nSPS) is 23.4. The number of piperidine rings is 1. The molecule has 2 saturated heterocycles. The fourth-order valence-electron chi connectivity index (χ4n) is 3.73. The fourth-order valence-corrected chi connectivity index (χ4v) is 3.73. The monoisotopic (exact) mass is 350 g/mol. The first-order chi connectivity index (χ1) is 12.1. The van der Waals surface area contributed by atoms with Crippen molar-refractivity contribution in [3.8, 4) is 11.8 Å². The second kappa shape index (κ2) is 7.43. The standard InChI is InChI=1S/C17H26N4O4/c1-23-10-9-20-7-4-5-17(15(20)22)6-8-21(12-17)16-18-13(24-2)11-14(19-16)25-3/h11H,4-10,12H2,1-3H3. The van der Waals surface area contributed by atoms with E-state index in [-0.39, 0.29) is 11.3 Å². The molecule has 1 spiro atoms. The molecular formula is C17H26N4O4. The van der Waals surface area contributed by atoms with Crippen LogP contribution in [0.2, 0.25) is 0 Å². The summed E-state index contributed by atoms with van der Waals surface area (Å²) < 4.78 is 15.6. The van der Waals surface area contributed by atoms with Crippen LogP contribution in [0.3, 0.4) is 0 Å². The van der Waals surface area contributed by atoms with Crippen LogP contribution in [0.5, 0.6) is 11.8 Å². The van der Waals surface area contributed by atoms with Gasteiger partial charge in [-0.25, -0.2) is 0 Å². The first-order valence-electron chi connectivity index (χ1n) is 8.62. The van der Waals surface area contributed by atoms with Gasteiger partial charge in [0.25, 0.3) is 0 Å².